The molecule has 2 atom stereocenters. The van der Waals surface area contributed by atoms with Crippen molar-refractivity contribution in [2.45, 2.75) is 38.5 Å². The molecule has 2 aromatic rings. The van der Waals surface area contributed by atoms with Crippen LogP contribution in [0.1, 0.15) is 36.8 Å². The summed E-state index contributed by atoms with van der Waals surface area (Å²) in [6.45, 7) is 0. The highest BCUT2D eigenvalue weighted by Gasteiger charge is 2.37. The molecule has 3 rings (SSSR count). The van der Waals surface area contributed by atoms with Crippen molar-refractivity contribution in [3.63, 3.8) is 0 Å². The number of carboxylic acids is 1. The summed E-state index contributed by atoms with van der Waals surface area (Å²) in [4.78, 5) is 12.1. The van der Waals surface area contributed by atoms with Crippen LogP contribution in [0, 0.1) is 23.2 Å². The molecule has 0 aliphatic heterocycles. The van der Waals surface area contributed by atoms with Gasteiger partial charge in [0.1, 0.15) is 5.41 Å². The van der Waals surface area contributed by atoms with E-state index in [1.807, 2.05) is 48.5 Å². The van der Waals surface area contributed by atoms with Crippen molar-refractivity contribution >= 4 is 5.97 Å². The molecule has 25 heavy (non-hydrogen) atoms. The van der Waals surface area contributed by atoms with E-state index in [1.165, 1.54) is 5.56 Å². The fraction of sp³-hybridized carbons (Fsp3) is 0.348. The molecule has 0 spiro atoms. The molecule has 1 aliphatic rings. The first-order valence-corrected chi connectivity index (χ1v) is 9.02. The SMILES string of the molecule is O=C(O)C1(Cc2ccccc2)C#CC(Cc2ccccc2)CCCC1. The van der Waals surface area contributed by atoms with Crippen molar-refractivity contribution in [3.8, 4) is 11.8 Å². The minimum Gasteiger partial charge on any atom is -0.480 e. The second-order valence-electron chi connectivity index (χ2n) is 6.95. The second kappa shape index (κ2) is 8.03. The van der Waals surface area contributed by atoms with Crippen molar-refractivity contribution in [2.24, 2.45) is 11.3 Å². The fourth-order valence-corrected chi connectivity index (χ4v) is 3.56. The molecule has 0 saturated carbocycles. The predicted molar refractivity (Wildman–Crippen MR) is 100 cm³/mol. The maximum atomic E-state index is 12.1. The molecule has 0 saturated heterocycles. The summed E-state index contributed by atoms with van der Waals surface area (Å²) in [5.41, 5.74) is 1.35. The van der Waals surface area contributed by atoms with E-state index in [2.05, 4.69) is 24.0 Å². The highest BCUT2D eigenvalue weighted by atomic mass is 16.4. The van der Waals surface area contributed by atoms with Crippen LogP contribution < -0.4 is 0 Å². The van der Waals surface area contributed by atoms with Gasteiger partial charge in [-0.3, -0.25) is 4.79 Å². The molecular weight excluding hydrogens is 308 g/mol. The molecular formula is C23H24O2. The van der Waals surface area contributed by atoms with Gasteiger partial charge in [-0.2, -0.15) is 0 Å². The summed E-state index contributed by atoms with van der Waals surface area (Å²) in [5, 5.41) is 9.94. The van der Waals surface area contributed by atoms with E-state index in [1.54, 1.807) is 0 Å². The van der Waals surface area contributed by atoms with Gasteiger partial charge in [0.15, 0.2) is 0 Å². The average Bonchev–Trinajstić information content (AvgIpc) is 2.62. The molecule has 0 bridgehead atoms. The number of benzene rings is 2. The first-order chi connectivity index (χ1) is 12.2. The van der Waals surface area contributed by atoms with Crippen LogP contribution in [0.15, 0.2) is 60.7 Å². The van der Waals surface area contributed by atoms with Gasteiger partial charge in [0.2, 0.25) is 0 Å². The fourth-order valence-electron chi connectivity index (χ4n) is 3.56. The Morgan fingerprint density at radius 3 is 2.28 bits per heavy atom. The van der Waals surface area contributed by atoms with Crippen LogP contribution in [0.5, 0.6) is 0 Å². The lowest BCUT2D eigenvalue weighted by Crippen LogP contribution is -2.33. The Morgan fingerprint density at radius 2 is 1.64 bits per heavy atom. The smallest absolute Gasteiger partial charge is 0.322 e. The van der Waals surface area contributed by atoms with Crippen molar-refractivity contribution in [2.75, 3.05) is 0 Å². The first kappa shape index (κ1) is 17.3. The van der Waals surface area contributed by atoms with Gasteiger partial charge in [-0.05, 0) is 36.8 Å². The highest BCUT2D eigenvalue weighted by Crippen LogP contribution is 2.32. The molecule has 2 aromatic carbocycles. The van der Waals surface area contributed by atoms with Crippen molar-refractivity contribution < 1.29 is 9.90 Å². The Bertz CT molecular complexity index is 755. The lowest BCUT2D eigenvalue weighted by Gasteiger charge is -2.26. The van der Waals surface area contributed by atoms with E-state index < -0.39 is 11.4 Å². The molecule has 2 heteroatoms. The molecule has 1 N–H and O–H groups in total. The Hall–Kier alpha value is -2.53. The van der Waals surface area contributed by atoms with E-state index in [0.717, 1.165) is 31.2 Å². The van der Waals surface area contributed by atoms with Gasteiger partial charge in [0.05, 0.1) is 0 Å². The Labute approximate surface area is 149 Å². The summed E-state index contributed by atoms with van der Waals surface area (Å²) >= 11 is 0. The second-order valence-corrected chi connectivity index (χ2v) is 6.95. The van der Waals surface area contributed by atoms with E-state index in [0.29, 0.717) is 12.8 Å². The van der Waals surface area contributed by atoms with E-state index in [-0.39, 0.29) is 5.92 Å². The van der Waals surface area contributed by atoms with Crippen molar-refractivity contribution in [3.05, 3.63) is 71.8 Å². The minimum atomic E-state index is -0.962. The number of carbonyl (C=O) groups is 1. The third kappa shape index (κ3) is 4.51. The molecule has 0 fully saturated rings. The lowest BCUT2D eigenvalue weighted by atomic mass is 9.75. The van der Waals surface area contributed by atoms with E-state index in [4.69, 9.17) is 0 Å². The maximum Gasteiger partial charge on any atom is 0.322 e. The Kier molecular flexibility index (Phi) is 5.56. The first-order valence-electron chi connectivity index (χ1n) is 9.02. The van der Waals surface area contributed by atoms with E-state index >= 15 is 0 Å². The summed E-state index contributed by atoms with van der Waals surface area (Å²) in [6.07, 6.45) is 5.00. The molecule has 0 radical (unpaired) electrons. The zero-order valence-electron chi connectivity index (χ0n) is 14.4. The highest BCUT2D eigenvalue weighted by molar-refractivity contribution is 5.79. The topological polar surface area (TPSA) is 37.3 Å². The van der Waals surface area contributed by atoms with Gasteiger partial charge in [0.25, 0.3) is 0 Å². The number of carboxylic acid groups (broad SMARTS) is 1. The van der Waals surface area contributed by atoms with Crippen LogP contribution in [-0.2, 0) is 17.6 Å². The molecule has 1 aliphatic carbocycles. The van der Waals surface area contributed by atoms with Gasteiger partial charge in [-0.1, -0.05) is 85.3 Å². The molecule has 0 amide bonds. The summed E-state index contributed by atoms with van der Waals surface area (Å²) in [5.74, 6) is 5.98. The quantitative estimate of drug-likeness (QED) is 0.803. The number of rotatable bonds is 5. The normalized spacial score (nSPS) is 23.0. The van der Waals surface area contributed by atoms with Crippen molar-refractivity contribution in [1.29, 1.82) is 0 Å². The number of aliphatic carboxylic acids is 1. The van der Waals surface area contributed by atoms with Crippen LogP contribution in [0.3, 0.4) is 0 Å². The molecule has 128 valence electrons. The largest absolute Gasteiger partial charge is 0.480 e. The Morgan fingerprint density at radius 1 is 1.00 bits per heavy atom. The number of hydrogen-bond acceptors (Lipinski definition) is 1. The zero-order valence-corrected chi connectivity index (χ0v) is 14.4. The van der Waals surface area contributed by atoms with Gasteiger partial charge >= 0.3 is 5.97 Å². The third-order valence-electron chi connectivity index (χ3n) is 5.00. The summed E-state index contributed by atoms with van der Waals surface area (Å²) in [7, 11) is 0. The third-order valence-corrected chi connectivity index (χ3v) is 5.00. The molecule has 0 heterocycles. The average molecular weight is 332 g/mol. The van der Waals surface area contributed by atoms with E-state index in [9.17, 15) is 9.90 Å². The maximum absolute atomic E-state index is 12.1. The molecule has 0 aromatic heterocycles. The van der Waals surface area contributed by atoms with Crippen LogP contribution >= 0.6 is 0 Å². The molecule has 2 nitrogen and oxygen atoms in total. The van der Waals surface area contributed by atoms with Crippen LogP contribution in [-0.4, -0.2) is 11.1 Å². The van der Waals surface area contributed by atoms with Crippen LogP contribution in [0.25, 0.3) is 0 Å². The zero-order chi connectivity index (χ0) is 17.5. The van der Waals surface area contributed by atoms with Crippen LogP contribution in [0.2, 0.25) is 0 Å². The summed E-state index contributed by atoms with van der Waals surface area (Å²) < 4.78 is 0. The van der Waals surface area contributed by atoms with Gasteiger partial charge in [0, 0.05) is 5.92 Å². The Balaban J connectivity index is 1.85. The van der Waals surface area contributed by atoms with Crippen molar-refractivity contribution in [1.82, 2.24) is 0 Å². The van der Waals surface area contributed by atoms with Gasteiger partial charge < -0.3 is 5.11 Å². The lowest BCUT2D eigenvalue weighted by molar-refractivity contribution is -0.145. The van der Waals surface area contributed by atoms with Crippen LogP contribution in [0.4, 0.5) is 0 Å². The number of hydrogen-bond donors (Lipinski definition) is 1. The monoisotopic (exact) mass is 332 g/mol. The van der Waals surface area contributed by atoms with Gasteiger partial charge in [-0.15, -0.1) is 0 Å². The predicted octanol–water partition coefficient (Wildman–Crippen LogP) is 4.74. The standard InChI is InChI=1S/C23H24O2/c24-22(25)23(18-21-12-5-2-6-13-21)15-8-7-11-20(14-16-23)17-19-9-3-1-4-10-19/h1-6,9-10,12-13,20H,7-8,11,15,17-18H2,(H,24,25). The van der Waals surface area contributed by atoms with Gasteiger partial charge in [-0.25, -0.2) is 0 Å². The minimum absolute atomic E-state index is 0.234. The molecule has 2 unspecified atom stereocenters. The summed E-state index contributed by atoms with van der Waals surface area (Å²) in [6, 6.07) is 20.2.